The van der Waals surface area contributed by atoms with E-state index in [0.29, 0.717) is 18.7 Å². The molecule has 1 N–H and O–H groups in total. The quantitative estimate of drug-likeness (QED) is 0.710. The van der Waals surface area contributed by atoms with E-state index in [1.54, 1.807) is 5.38 Å². The largest absolute Gasteiger partial charge is 0.354 e. The van der Waals surface area contributed by atoms with Gasteiger partial charge >= 0.3 is 0 Å². The van der Waals surface area contributed by atoms with Crippen LogP contribution in [0.3, 0.4) is 0 Å². The van der Waals surface area contributed by atoms with Crippen molar-refractivity contribution in [2.75, 3.05) is 25.4 Å². The number of nitrogens with zero attached hydrogens (tertiary/aromatic N) is 2. The molecule has 1 amide bonds. The zero-order valence-electron chi connectivity index (χ0n) is 14.1. The summed E-state index contributed by atoms with van der Waals surface area (Å²) in [6, 6.07) is 9.81. The predicted molar refractivity (Wildman–Crippen MR) is 98.7 cm³/mol. The zero-order chi connectivity index (χ0) is 18.6. The second-order valence-corrected chi connectivity index (χ2v) is 8.99. The first kappa shape index (κ1) is 18.7. The Morgan fingerprint density at radius 3 is 2.77 bits per heavy atom. The van der Waals surface area contributed by atoms with Gasteiger partial charge in [-0.1, -0.05) is 30.3 Å². The molecule has 3 rings (SSSR count). The molecule has 0 saturated carbocycles. The van der Waals surface area contributed by atoms with Crippen molar-refractivity contribution in [3.8, 4) is 0 Å². The Morgan fingerprint density at radius 2 is 2.04 bits per heavy atom. The first-order chi connectivity index (χ1) is 12.4. The molecule has 138 valence electrons. The average Bonchev–Trinajstić information content (AvgIpc) is 3.09. The number of Topliss-reactive ketones (excluding diaryl/α,β-unsaturated/α-hetero) is 1. The predicted octanol–water partition coefficient (Wildman–Crippen LogP) is 1.07. The molecule has 0 unspecified atom stereocenters. The molecule has 1 aliphatic rings. The summed E-state index contributed by atoms with van der Waals surface area (Å²) < 4.78 is 25.7. The van der Waals surface area contributed by atoms with E-state index in [0.717, 1.165) is 14.9 Å². The van der Waals surface area contributed by atoms with Crippen LogP contribution in [-0.2, 0) is 21.2 Å². The van der Waals surface area contributed by atoms with Gasteiger partial charge in [0.25, 0.3) is 0 Å². The minimum Gasteiger partial charge on any atom is -0.354 e. The number of hydrogen-bond donors (Lipinski definition) is 1. The smallest absolute Gasteiger partial charge is 0.235 e. The molecule has 1 fully saturated rings. The lowest BCUT2D eigenvalue weighted by atomic mass is 10.2. The van der Waals surface area contributed by atoms with Crippen molar-refractivity contribution in [3.05, 3.63) is 52.0 Å². The number of carbonyl (C=O) groups excluding carboxylic acids is 2. The molecule has 1 aromatic carbocycles. The lowest BCUT2D eigenvalue weighted by Crippen LogP contribution is -2.50. The van der Waals surface area contributed by atoms with Gasteiger partial charge < -0.3 is 5.32 Å². The van der Waals surface area contributed by atoms with Crippen molar-refractivity contribution >= 4 is 33.1 Å². The van der Waals surface area contributed by atoms with Crippen molar-refractivity contribution in [2.45, 2.75) is 12.8 Å². The van der Waals surface area contributed by atoms with Crippen LogP contribution in [0.4, 0.5) is 0 Å². The summed E-state index contributed by atoms with van der Waals surface area (Å²) in [6.07, 6.45) is 0.495. The van der Waals surface area contributed by atoms with Gasteiger partial charge in [-0.15, -0.1) is 11.3 Å². The Labute approximate surface area is 156 Å². The molecule has 0 atom stereocenters. The molecule has 0 spiro atoms. The number of hydrogen-bond acceptors (Lipinski definition) is 6. The van der Waals surface area contributed by atoms with Gasteiger partial charge in [-0.25, -0.2) is 13.4 Å². The molecule has 7 nitrogen and oxygen atoms in total. The van der Waals surface area contributed by atoms with Gasteiger partial charge in [0.05, 0.1) is 17.3 Å². The monoisotopic (exact) mass is 393 g/mol. The normalized spacial score (nSPS) is 15.6. The summed E-state index contributed by atoms with van der Waals surface area (Å²) in [5.74, 6) is -0.938. The summed E-state index contributed by atoms with van der Waals surface area (Å²) in [5, 5.41) is 5.06. The van der Waals surface area contributed by atoms with Crippen molar-refractivity contribution in [3.63, 3.8) is 0 Å². The maximum Gasteiger partial charge on any atom is 0.235 e. The molecule has 2 heterocycles. The van der Waals surface area contributed by atoms with Gasteiger partial charge in [0.2, 0.25) is 15.9 Å². The summed E-state index contributed by atoms with van der Waals surface area (Å²) in [6.45, 7) is 0.343. The molecule has 1 aliphatic heterocycles. The number of carbonyl (C=O) groups is 2. The SMILES string of the molecule is O=C1CN(S(=O)(=O)CCC(=O)c2csc(Cc3ccccc3)n2)CCN1. The van der Waals surface area contributed by atoms with E-state index >= 15 is 0 Å². The number of sulfonamides is 1. The van der Waals surface area contributed by atoms with Crippen molar-refractivity contribution in [1.82, 2.24) is 14.6 Å². The van der Waals surface area contributed by atoms with Crippen molar-refractivity contribution in [2.24, 2.45) is 0 Å². The van der Waals surface area contributed by atoms with Gasteiger partial charge in [0.15, 0.2) is 5.78 Å². The van der Waals surface area contributed by atoms with Crippen LogP contribution in [0.1, 0.15) is 27.5 Å². The van der Waals surface area contributed by atoms with E-state index in [1.807, 2.05) is 30.3 Å². The van der Waals surface area contributed by atoms with Gasteiger partial charge in [-0.2, -0.15) is 4.31 Å². The lowest BCUT2D eigenvalue weighted by Gasteiger charge is -2.25. The van der Waals surface area contributed by atoms with E-state index in [2.05, 4.69) is 10.3 Å². The number of rotatable bonds is 7. The zero-order valence-corrected chi connectivity index (χ0v) is 15.7. The number of ketones is 1. The summed E-state index contributed by atoms with van der Waals surface area (Å²) >= 11 is 1.39. The third-order valence-electron chi connectivity index (χ3n) is 4.02. The molecule has 0 aliphatic carbocycles. The van der Waals surface area contributed by atoms with Gasteiger partial charge in [0, 0.05) is 31.3 Å². The average molecular weight is 393 g/mol. The third-order valence-corrected chi connectivity index (χ3v) is 6.69. The molecule has 1 saturated heterocycles. The van der Waals surface area contributed by atoms with Crippen LogP contribution in [0.5, 0.6) is 0 Å². The topological polar surface area (TPSA) is 96.4 Å². The molecule has 0 radical (unpaired) electrons. The summed E-state index contributed by atoms with van der Waals surface area (Å²) in [4.78, 5) is 28.0. The maximum atomic E-state index is 12.3. The molecule has 9 heteroatoms. The molecule has 2 aromatic rings. The first-order valence-corrected chi connectivity index (χ1v) is 10.7. The molecule has 1 aromatic heterocycles. The van der Waals surface area contributed by atoms with Crippen LogP contribution >= 0.6 is 11.3 Å². The van der Waals surface area contributed by atoms with Crippen molar-refractivity contribution < 1.29 is 18.0 Å². The van der Waals surface area contributed by atoms with Crippen LogP contribution in [0, 0.1) is 0 Å². The minimum atomic E-state index is -3.63. The lowest BCUT2D eigenvalue weighted by molar-refractivity contribution is -0.122. The molecular weight excluding hydrogens is 374 g/mol. The number of thiazole rings is 1. The van der Waals surface area contributed by atoms with E-state index < -0.39 is 10.0 Å². The Kier molecular flexibility index (Phi) is 5.80. The fourth-order valence-corrected chi connectivity index (χ4v) is 4.84. The van der Waals surface area contributed by atoms with Gasteiger partial charge in [-0.3, -0.25) is 9.59 Å². The number of amides is 1. The fourth-order valence-electron chi connectivity index (χ4n) is 2.62. The van der Waals surface area contributed by atoms with E-state index in [9.17, 15) is 18.0 Å². The van der Waals surface area contributed by atoms with E-state index in [1.165, 1.54) is 11.3 Å². The van der Waals surface area contributed by atoms with Crippen LogP contribution in [-0.4, -0.2) is 54.8 Å². The second-order valence-electron chi connectivity index (χ2n) is 5.96. The molecular formula is C17H19N3O4S2. The van der Waals surface area contributed by atoms with Gasteiger partial charge in [-0.05, 0) is 5.56 Å². The summed E-state index contributed by atoms with van der Waals surface area (Å²) in [5.41, 5.74) is 1.40. The number of nitrogens with one attached hydrogen (secondary N) is 1. The maximum absolute atomic E-state index is 12.3. The highest BCUT2D eigenvalue weighted by atomic mass is 32.2. The highest BCUT2D eigenvalue weighted by Crippen LogP contribution is 2.16. The minimum absolute atomic E-state index is 0.144. The first-order valence-electron chi connectivity index (χ1n) is 8.20. The van der Waals surface area contributed by atoms with E-state index in [4.69, 9.17) is 0 Å². The van der Waals surface area contributed by atoms with E-state index in [-0.39, 0.29) is 37.0 Å². The van der Waals surface area contributed by atoms with Crippen LogP contribution in [0.15, 0.2) is 35.7 Å². The number of aromatic nitrogens is 1. The fraction of sp³-hybridized carbons (Fsp3) is 0.353. The molecule has 0 bridgehead atoms. The number of piperazine rings is 1. The highest BCUT2D eigenvalue weighted by molar-refractivity contribution is 7.89. The Hall–Kier alpha value is -2.10. The standard InChI is InChI=1S/C17H19N3O4S2/c21-15(6-9-26(23,24)20-8-7-18-16(22)11-20)14-12-25-17(19-14)10-13-4-2-1-3-5-13/h1-5,12H,6-11H2,(H,18,22). The van der Waals surface area contributed by atoms with Crippen LogP contribution in [0.2, 0.25) is 0 Å². The highest BCUT2D eigenvalue weighted by Gasteiger charge is 2.28. The second kappa shape index (κ2) is 8.07. The Morgan fingerprint density at radius 1 is 1.27 bits per heavy atom. The van der Waals surface area contributed by atoms with Crippen molar-refractivity contribution in [1.29, 1.82) is 0 Å². The number of benzene rings is 1. The Bertz CT molecular complexity index is 894. The Balaban J connectivity index is 1.57. The van der Waals surface area contributed by atoms with Crippen LogP contribution in [0.25, 0.3) is 0 Å². The molecule has 26 heavy (non-hydrogen) atoms. The van der Waals surface area contributed by atoms with Gasteiger partial charge in [0.1, 0.15) is 5.69 Å². The van der Waals surface area contributed by atoms with Crippen LogP contribution < -0.4 is 5.32 Å². The third kappa shape index (κ3) is 4.75. The summed E-state index contributed by atoms with van der Waals surface area (Å²) in [7, 11) is -3.63.